The summed E-state index contributed by atoms with van der Waals surface area (Å²) < 4.78 is 67.5. The summed E-state index contributed by atoms with van der Waals surface area (Å²) in [5.41, 5.74) is 0.984. The maximum atomic E-state index is 13.4. The van der Waals surface area contributed by atoms with Crippen molar-refractivity contribution in [1.29, 1.82) is 0 Å². The average molecular weight is 504 g/mol. The molecule has 0 unspecified atom stereocenters. The van der Waals surface area contributed by atoms with Gasteiger partial charge in [-0.3, -0.25) is 4.79 Å². The molecule has 11 heteroatoms. The summed E-state index contributed by atoms with van der Waals surface area (Å²) in [6.07, 6.45) is -2.75. The van der Waals surface area contributed by atoms with Gasteiger partial charge in [0.05, 0.1) is 10.5 Å². The second-order valence-electron chi connectivity index (χ2n) is 8.13. The number of nitrogens with zero attached hydrogens (tertiary/aromatic N) is 1. The Labute approximate surface area is 195 Å². The lowest BCUT2D eigenvalue weighted by Gasteiger charge is -2.32. The highest BCUT2D eigenvalue weighted by Crippen LogP contribution is 2.34. The first-order valence-electron chi connectivity index (χ1n) is 10.3. The van der Waals surface area contributed by atoms with Crippen LogP contribution in [-0.4, -0.2) is 25.2 Å². The van der Waals surface area contributed by atoms with E-state index < -0.39 is 38.5 Å². The largest absolute Gasteiger partial charge is 0.759 e. The number of carbonyl (C=O) groups excluding carboxylic acids is 1. The number of sulfonamides is 1. The molecular formula is C22H23ClF3N2O4S-. The summed E-state index contributed by atoms with van der Waals surface area (Å²) in [6.45, 7) is 0.0314. The molecule has 0 heterocycles. The highest BCUT2D eigenvalue weighted by molar-refractivity contribution is 7.89. The number of halogens is 4. The second-order valence-corrected chi connectivity index (χ2v) is 10.5. The molecule has 0 aliphatic heterocycles. The van der Waals surface area contributed by atoms with E-state index in [1.807, 2.05) is 0 Å². The SMILES string of the molecule is O=C(N[O-])C1CCC(CN(Cc2ccc(Cl)cc2)S(=O)(=O)c2cccc(C(F)(F)F)c2)CC1. The van der Waals surface area contributed by atoms with E-state index >= 15 is 0 Å². The van der Waals surface area contributed by atoms with Crippen LogP contribution in [0.4, 0.5) is 13.2 Å². The van der Waals surface area contributed by atoms with Crippen molar-refractivity contribution in [2.24, 2.45) is 11.8 Å². The van der Waals surface area contributed by atoms with Crippen molar-refractivity contribution in [1.82, 2.24) is 9.79 Å². The maximum absolute atomic E-state index is 13.4. The molecule has 0 bridgehead atoms. The van der Waals surface area contributed by atoms with Gasteiger partial charge in [-0.1, -0.05) is 29.8 Å². The molecule has 2 aromatic carbocycles. The Kier molecular flexibility index (Phi) is 8.04. The van der Waals surface area contributed by atoms with E-state index in [0.29, 0.717) is 42.3 Å². The van der Waals surface area contributed by atoms with Crippen LogP contribution in [0.15, 0.2) is 53.4 Å². The summed E-state index contributed by atoms with van der Waals surface area (Å²) in [4.78, 5) is 11.1. The first-order chi connectivity index (χ1) is 15.5. The van der Waals surface area contributed by atoms with Gasteiger partial charge in [0.2, 0.25) is 15.9 Å². The van der Waals surface area contributed by atoms with Gasteiger partial charge in [-0.25, -0.2) is 8.42 Å². The zero-order valence-electron chi connectivity index (χ0n) is 17.5. The van der Waals surface area contributed by atoms with Crippen LogP contribution in [0.5, 0.6) is 0 Å². The highest BCUT2D eigenvalue weighted by Gasteiger charge is 2.34. The van der Waals surface area contributed by atoms with Crippen LogP contribution in [0.3, 0.4) is 0 Å². The Morgan fingerprint density at radius 1 is 1.09 bits per heavy atom. The van der Waals surface area contributed by atoms with Gasteiger partial charge >= 0.3 is 6.18 Å². The van der Waals surface area contributed by atoms with E-state index in [2.05, 4.69) is 0 Å². The molecule has 1 aliphatic rings. The first-order valence-corrected chi connectivity index (χ1v) is 12.2. The van der Waals surface area contributed by atoms with E-state index in [9.17, 15) is 31.6 Å². The fraction of sp³-hybridized carbons (Fsp3) is 0.409. The van der Waals surface area contributed by atoms with Gasteiger partial charge < -0.3 is 10.7 Å². The normalized spacial score (nSPS) is 19.5. The lowest BCUT2D eigenvalue weighted by Crippen LogP contribution is -2.37. The van der Waals surface area contributed by atoms with Crippen LogP contribution < -0.4 is 5.48 Å². The van der Waals surface area contributed by atoms with Gasteiger partial charge in [0, 0.05) is 24.0 Å². The highest BCUT2D eigenvalue weighted by atomic mass is 35.5. The Morgan fingerprint density at radius 2 is 1.73 bits per heavy atom. The van der Waals surface area contributed by atoms with Crippen LogP contribution in [0.2, 0.25) is 5.02 Å². The molecule has 0 radical (unpaired) electrons. The standard InChI is InChI=1S/C22H23ClF3N2O4S/c23-19-10-6-16(7-11-19)14-28(13-15-4-8-17(9-5-15)21(29)27-30)33(31,32)20-3-1-2-18(12-20)22(24,25)26/h1-3,6-7,10-12,15,17H,4-5,8-9,13-14H2,(H-,27,29,30)/q-1. The number of hydrogen-bond acceptors (Lipinski definition) is 4. The lowest BCUT2D eigenvalue weighted by molar-refractivity contribution is -0.137. The fourth-order valence-corrected chi connectivity index (χ4v) is 5.68. The third kappa shape index (κ3) is 6.47. The Hall–Kier alpha value is -2.14. The maximum Gasteiger partial charge on any atom is 0.416 e. The van der Waals surface area contributed by atoms with Gasteiger partial charge in [0.1, 0.15) is 0 Å². The molecule has 1 fully saturated rings. The van der Waals surface area contributed by atoms with Crippen molar-refractivity contribution in [2.75, 3.05) is 6.54 Å². The number of alkyl halides is 3. The molecular weight excluding hydrogens is 481 g/mol. The lowest BCUT2D eigenvalue weighted by atomic mass is 9.81. The molecule has 2 aromatic rings. The van der Waals surface area contributed by atoms with Crippen molar-refractivity contribution in [2.45, 2.75) is 43.3 Å². The number of rotatable bonds is 7. The number of hydrogen-bond donors (Lipinski definition) is 1. The van der Waals surface area contributed by atoms with E-state index in [0.717, 1.165) is 18.2 Å². The van der Waals surface area contributed by atoms with Gasteiger partial charge in [-0.15, -0.1) is 0 Å². The molecule has 33 heavy (non-hydrogen) atoms. The van der Waals surface area contributed by atoms with E-state index in [1.54, 1.807) is 24.3 Å². The van der Waals surface area contributed by atoms with Crippen molar-refractivity contribution >= 4 is 27.5 Å². The second kappa shape index (κ2) is 10.4. The van der Waals surface area contributed by atoms with Crippen molar-refractivity contribution in [3.05, 3.63) is 69.9 Å². The zero-order chi connectivity index (χ0) is 24.2. The Balaban J connectivity index is 1.87. The molecule has 3 rings (SSSR count). The van der Waals surface area contributed by atoms with Crippen LogP contribution in [0.1, 0.15) is 36.8 Å². The van der Waals surface area contributed by atoms with E-state index in [1.165, 1.54) is 9.79 Å². The predicted molar refractivity (Wildman–Crippen MR) is 117 cm³/mol. The Bertz CT molecular complexity index is 1070. The molecule has 6 nitrogen and oxygen atoms in total. The molecule has 0 saturated heterocycles. The number of amides is 1. The molecule has 180 valence electrons. The van der Waals surface area contributed by atoms with Gasteiger partial charge in [0.25, 0.3) is 0 Å². The summed E-state index contributed by atoms with van der Waals surface area (Å²) in [5, 5.41) is 11.1. The Morgan fingerprint density at radius 3 is 2.30 bits per heavy atom. The molecule has 0 spiro atoms. The number of benzene rings is 2. The van der Waals surface area contributed by atoms with E-state index in [4.69, 9.17) is 11.6 Å². The molecule has 1 amide bonds. The van der Waals surface area contributed by atoms with Crippen molar-refractivity contribution in [3.63, 3.8) is 0 Å². The number of nitrogens with one attached hydrogen (secondary N) is 1. The molecule has 1 saturated carbocycles. The molecule has 0 atom stereocenters. The van der Waals surface area contributed by atoms with Crippen LogP contribution in [0, 0.1) is 17.0 Å². The summed E-state index contributed by atoms with van der Waals surface area (Å²) in [5.74, 6) is -1.10. The number of carbonyl (C=O) groups is 1. The molecule has 1 aliphatic carbocycles. The predicted octanol–water partition coefficient (Wildman–Crippen LogP) is 4.97. The minimum absolute atomic E-state index is 0.0449. The summed E-state index contributed by atoms with van der Waals surface area (Å²) >= 11 is 5.91. The minimum atomic E-state index is -4.67. The topological polar surface area (TPSA) is 89.5 Å². The third-order valence-corrected chi connectivity index (χ3v) is 7.91. The number of hydroxylamine groups is 1. The van der Waals surface area contributed by atoms with Crippen LogP contribution in [0.25, 0.3) is 0 Å². The first kappa shape index (κ1) is 25.5. The van der Waals surface area contributed by atoms with Gasteiger partial charge in [-0.2, -0.15) is 17.5 Å². The van der Waals surface area contributed by atoms with Crippen LogP contribution in [-0.2, 0) is 27.5 Å². The monoisotopic (exact) mass is 503 g/mol. The van der Waals surface area contributed by atoms with Crippen molar-refractivity contribution < 1.29 is 26.4 Å². The summed E-state index contributed by atoms with van der Waals surface area (Å²) in [6, 6.07) is 10.2. The smallest absolute Gasteiger partial charge is 0.416 e. The van der Waals surface area contributed by atoms with Gasteiger partial charge in [0.15, 0.2) is 0 Å². The van der Waals surface area contributed by atoms with Crippen LogP contribution >= 0.6 is 11.6 Å². The van der Waals surface area contributed by atoms with Crippen molar-refractivity contribution in [3.8, 4) is 0 Å². The molecule has 1 N–H and O–H groups in total. The average Bonchev–Trinajstić information content (AvgIpc) is 2.79. The van der Waals surface area contributed by atoms with E-state index in [-0.39, 0.29) is 19.0 Å². The minimum Gasteiger partial charge on any atom is -0.759 e. The fourth-order valence-electron chi connectivity index (χ4n) is 4.00. The quantitative estimate of drug-likeness (QED) is 0.540. The van der Waals surface area contributed by atoms with Gasteiger partial charge in [-0.05, 0) is 67.5 Å². The third-order valence-electron chi connectivity index (χ3n) is 5.85. The molecule has 0 aromatic heterocycles. The summed E-state index contributed by atoms with van der Waals surface area (Å²) in [7, 11) is -4.25. The zero-order valence-corrected chi connectivity index (χ0v) is 19.1.